The Labute approximate surface area is 106 Å². The number of rotatable bonds is 1. The van der Waals surface area contributed by atoms with Crippen LogP contribution in [0.5, 0.6) is 11.5 Å². The average molecular weight is 331 g/mol. The smallest absolute Gasteiger partial charge is 0.262 e. The van der Waals surface area contributed by atoms with Crippen molar-refractivity contribution < 1.29 is 9.84 Å². The minimum Gasteiger partial charge on any atom is -0.506 e. The van der Waals surface area contributed by atoms with Crippen LogP contribution < -0.4 is 10.3 Å². The van der Waals surface area contributed by atoms with Gasteiger partial charge in [-0.1, -0.05) is 0 Å². The number of aromatic nitrogens is 1. The summed E-state index contributed by atoms with van der Waals surface area (Å²) >= 11 is 2.00. The highest BCUT2D eigenvalue weighted by atomic mass is 127. The van der Waals surface area contributed by atoms with Gasteiger partial charge in [-0.05, 0) is 34.7 Å². The fraction of sp³-hybridized carbons (Fsp3) is 0.182. The Bertz CT molecular complexity index is 619. The summed E-state index contributed by atoms with van der Waals surface area (Å²) in [6, 6.07) is 3.36. The third-order valence-electron chi connectivity index (χ3n) is 2.47. The van der Waals surface area contributed by atoms with E-state index >= 15 is 0 Å². The molecule has 16 heavy (non-hydrogen) atoms. The zero-order valence-corrected chi connectivity index (χ0v) is 11.0. The van der Waals surface area contributed by atoms with Crippen molar-refractivity contribution in [3.05, 3.63) is 32.3 Å². The lowest BCUT2D eigenvalue weighted by Gasteiger charge is -2.09. The Morgan fingerprint density at radius 2 is 2.19 bits per heavy atom. The molecule has 2 rings (SSSR count). The lowest BCUT2D eigenvalue weighted by atomic mass is 10.1. The van der Waals surface area contributed by atoms with E-state index in [0.717, 1.165) is 0 Å². The van der Waals surface area contributed by atoms with Crippen molar-refractivity contribution in [1.29, 1.82) is 0 Å². The summed E-state index contributed by atoms with van der Waals surface area (Å²) in [7, 11) is 3.17. The van der Waals surface area contributed by atoms with Crippen LogP contribution in [0.15, 0.2) is 23.1 Å². The minimum absolute atomic E-state index is 0.120. The first-order valence-electron chi connectivity index (χ1n) is 4.61. The van der Waals surface area contributed by atoms with E-state index in [-0.39, 0.29) is 11.3 Å². The fourth-order valence-corrected chi connectivity index (χ4v) is 2.18. The van der Waals surface area contributed by atoms with Crippen LogP contribution >= 0.6 is 22.6 Å². The number of pyridine rings is 1. The number of halogens is 1. The molecule has 0 saturated carbocycles. The number of fused-ring (bicyclic) bond motifs is 1. The number of methoxy groups -OCH3 is 1. The van der Waals surface area contributed by atoms with Gasteiger partial charge in [0.1, 0.15) is 11.5 Å². The monoisotopic (exact) mass is 331 g/mol. The van der Waals surface area contributed by atoms with Gasteiger partial charge in [0.15, 0.2) is 0 Å². The van der Waals surface area contributed by atoms with Gasteiger partial charge in [0.05, 0.1) is 16.1 Å². The summed E-state index contributed by atoms with van der Waals surface area (Å²) < 4.78 is 7.29. The Morgan fingerprint density at radius 1 is 1.50 bits per heavy atom. The van der Waals surface area contributed by atoms with Gasteiger partial charge < -0.3 is 14.4 Å². The molecule has 2 aromatic rings. The van der Waals surface area contributed by atoms with Gasteiger partial charge in [-0.15, -0.1) is 0 Å². The molecule has 0 radical (unpaired) electrons. The van der Waals surface area contributed by atoms with Crippen LogP contribution in [0.4, 0.5) is 0 Å². The Kier molecular flexibility index (Phi) is 2.79. The highest BCUT2D eigenvalue weighted by Crippen LogP contribution is 2.34. The number of phenols is 1. The van der Waals surface area contributed by atoms with Gasteiger partial charge in [-0.3, -0.25) is 4.79 Å². The third-order valence-corrected chi connectivity index (χ3v) is 3.30. The van der Waals surface area contributed by atoms with Crippen LogP contribution in [0.25, 0.3) is 10.8 Å². The van der Waals surface area contributed by atoms with Crippen molar-refractivity contribution >= 4 is 33.4 Å². The standard InChI is InChI=1S/C11H10INO3/c1-13-4-3-6-9(11(13)15)8(16-2)5-7(12)10(6)14/h3-5,14H,1-2H3. The first-order valence-corrected chi connectivity index (χ1v) is 5.69. The first-order chi connectivity index (χ1) is 7.56. The molecule has 84 valence electrons. The number of hydrogen-bond donors (Lipinski definition) is 1. The number of benzene rings is 1. The molecular weight excluding hydrogens is 321 g/mol. The van der Waals surface area contributed by atoms with Crippen LogP contribution in [-0.4, -0.2) is 16.8 Å². The van der Waals surface area contributed by atoms with E-state index in [1.807, 2.05) is 22.6 Å². The molecule has 0 aliphatic rings. The van der Waals surface area contributed by atoms with Crippen LogP contribution in [0, 0.1) is 3.57 Å². The minimum atomic E-state index is -0.180. The van der Waals surface area contributed by atoms with Crippen LogP contribution in [-0.2, 0) is 7.05 Å². The van der Waals surface area contributed by atoms with Crippen molar-refractivity contribution in [1.82, 2.24) is 4.57 Å². The Balaban J connectivity index is 3.06. The van der Waals surface area contributed by atoms with Gasteiger partial charge in [-0.25, -0.2) is 0 Å². The maximum Gasteiger partial charge on any atom is 0.262 e. The lowest BCUT2D eigenvalue weighted by Crippen LogP contribution is -2.16. The van der Waals surface area contributed by atoms with E-state index in [2.05, 4.69) is 0 Å². The third kappa shape index (κ3) is 1.55. The Morgan fingerprint density at radius 3 is 2.81 bits per heavy atom. The van der Waals surface area contributed by atoms with E-state index in [1.165, 1.54) is 11.7 Å². The molecule has 0 aliphatic carbocycles. The van der Waals surface area contributed by atoms with E-state index in [0.29, 0.717) is 20.1 Å². The molecule has 1 aromatic carbocycles. The van der Waals surface area contributed by atoms with Crippen molar-refractivity contribution in [2.75, 3.05) is 7.11 Å². The molecule has 0 aliphatic heterocycles. The predicted molar refractivity (Wildman–Crippen MR) is 70.1 cm³/mol. The second-order valence-electron chi connectivity index (χ2n) is 3.43. The van der Waals surface area contributed by atoms with E-state index in [4.69, 9.17) is 4.74 Å². The molecule has 5 heteroatoms. The lowest BCUT2D eigenvalue weighted by molar-refractivity contribution is 0.417. The van der Waals surface area contributed by atoms with E-state index in [1.54, 1.807) is 25.4 Å². The second-order valence-corrected chi connectivity index (χ2v) is 4.59. The molecule has 1 heterocycles. The van der Waals surface area contributed by atoms with Gasteiger partial charge in [-0.2, -0.15) is 0 Å². The number of aromatic hydroxyl groups is 1. The zero-order valence-electron chi connectivity index (χ0n) is 8.82. The molecule has 0 bridgehead atoms. The number of nitrogens with zero attached hydrogens (tertiary/aromatic N) is 1. The average Bonchev–Trinajstić information content (AvgIpc) is 2.27. The van der Waals surface area contributed by atoms with Crippen molar-refractivity contribution in [2.45, 2.75) is 0 Å². The summed E-state index contributed by atoms with van der Waals surface area (Å²) in [5.41, 5.74) is -0.180. The maximum atomic E-state index is 11.9. The van der Waals surface area contributed by atoms with Gasteiger partial charge in [0.25, 0.3) is 5.56 Å². The largest absolute Gasteiger partial charge is 0.506 e. The van der Waals surface area contributed by atoms with Gasteiger partial charge in [0, 0.05) is 18.6 Å². The van der Waals surface area contributed by atoms with Gasteiger partial charge in [0.2, 0.25) is 0 Å². The Hall–Kier alpha value is -1.24. The number of aryl methyl sites for hydroxylation is 1. The summed E-state index contributed by atoms with van der Waals surface area (Å²) in [6.45, 7) is 0. The zero-order chi connectivity index (χ0) is 11.9. The highest BCUT2D eigenvalue weighted by Gasteiger charge is 2.13. The summed E-state index contributed by atoms with van der Waals surface area (Å²) in [6.07, 6.45) is 1.62. The van der Waals surface area contributed by atoms with E-state index < -0.39 is 0 Å². The van der Waals surface area contributed by atoms with Crippen molar-refractivity contribution in [3.8, 4) is 11.5 Å². The molecular formula is C11H10INO3. The molecule has 0 atom stereocenters. The molecule has 0 fully saturated rings. The summed E-state index contributed by atoms with van der Waals surface area (Å²) in [5, 5.41) is 10.8. The van der Waals surface area contributed by atoms with Crippen LogP contribution in [0.1, 0.15) is 0 Å². The molecule has 0 unspecified atom stereocenters. The molecule has 1 N–H and O–H groups in total. The normalized spacial score (nSPS) is 10.7. The topological polar surface area (TPSA) is 51.5 Å². The number of ether oxygens (including phenoxy) is 1. The number of hydrogen-bond acceptors (Lipinski definition) is 3. The molecule has 4 nitrogen and oxygen atoms in total. The summed E-state index contributed by atoms with van der Waals surface area (Å²) in [5.74, 6) is 0.604. The molecule has 1 aromatic heterocycles. The maximum absolute atomic E-state index is 11.9. The van der Waals surface area contributed by atoms with Gasteiger partial charge >= 0.3 is 0 Å². The first kappa shape index (κ1) is 11.3. The SMILES string of the molecule is COc1cc(I)c(O)c2ccn(C)c(=O)c12. The van der Waals surface area contributed by atoms with Crippen LogP contribution in [0.3, 0.4) is 0 Å². The highest BCUT2D eigenvalue weighted by molar-refractivity contribution is 14.1. The molecule has 0 saturated heterocycles. The number of phenolic OH excluding ortho intramolecular Hbond substituents is 1. The summed E-state index contributed by atoms with van der Waals surface area (Å²) in [4.78, 5) is 11.9. The predicted octanol–water partition coefficient (Wildman–Crippen LogP) is 1.86. The molecule has 0 amide bonds. The fourth-order valence-electron chi connectivity index (χ4n) is 1.61. The van der Waals surface area contributed by atoms with Crippen molar-refractivity contribution in [3.63, 3.8) is 0 Å². The second kappa shape index (κ2) is 3.97. The quantitative estimate of drug-likeness (QED) is 0.812. The van der Waals surface area contributed by atoms with Crippen molar-refractivity contribution in [2.24, 2.45) is 7.05 Å². The molecule has 0 spiro atoms. The van der Waals surface area contributed by atoms with Crippen LogP contribution in [0.2, 0.25) is 0 Å². The van der Waals surface area contributed by atoms with E-state index in [9.17, 15) is 9.90 Å².